The minimum atomic E-state index is -0.909. The molecule has 0 saturated heterocycles. The lowest BCUT2D eigenvalue weighted by Gasteiger charge is -2.08. The molecule has 0 radical (unpaired) electrons. The molecule has 1 aliphatic rings. The van der Waals surface area contributed by atoms with Gasteiger partial charge in [-0.25, -0.2) is 0 Å². The van der Waals surface area contributed by atoms with Crippen LogP contribution in [0.5, 0.6) is 17.2 Å². The fraction of sp³-hybridized carbons (Fsp3) is 0.227. The maximum atomic E-state index is 12.6. The van der Waals surface area contributed by atoms with Crippen LogP contribution in [0.25, 0.3) is 6.08 Å². The Bertz CT molecular complexity index is 997. The molecular weight excluding hydrogens is 390 g/mol. The molecule has 0 unspecified atom stereocenters. The van der Waals surface area contributed by atoms with Gasteiger partial charge in [0.25, 0.3) is 5.91 Å². The van der Waals surface area contributed by atoms with Crippen LogP contribution in [0.1, 0.15) is 28.8 Å². The predicted molar refractivity (Wildman–Crippen MR) is 108 cm³/mol. The number of ketones is 1. The maximum absolute atomic E-state index is 12.6. The van der Waals surface area contributed by atoms with Crippen LogP contribution in [0.4, 0.5) is 0 Å². The van der Waals surface area contributed by atoms with E-state index in [2.05, 4.69) is 5.32 Å². The average molecular weight is 411 g/mol. The van der Waals surface area contributed by atoms with Crippen LogP contribution < -0.4 is 19.5 Å². The van der Waals surface area contributed by atoms with Crippen molar-refractivity contribution in [3.63, 3.8) is 0 Å². The van der Waals surface area contributed by atoms with Crippen LogP contribution in [-0.2, 0) is 9.59 Å². The van der Waals surface area contributed by atoms with Crippen LogP contribution >= 0.6 is 0 Å². The highest BCUT2D eigenvalue weighted by Gasteiger charge is 2.27. The van der Waals surface area contributed by atoms with E-state index in [1.54, 1.807) is 43.5 Å². The van der Waals surface area contributed by atoms with Crippen LogP contribution in [-0.4, -0.2) is 43.0 Å². The zero-order valence-corrected chi connectivity index (χ0v) is 16.3. The lowest BCUT2D eigenvalue weighted by atomic mass is 10.1. The topological polar surface area (TPSA) is 111 Å². The van der Waals surface area contributed by atoms with Crippen LogP contribution in [0.2, 0.25) is 0 Å². The van der Waals surface area contributed by atoms with E-state index >= 15 is 0 Å². The highest BCUT2D eigenvalue weighted by atomic mass is 16.5. The quantitative estimate of drug-likeness (QED) is 0.482. The number of hydrogen-bond donors (Lipinski definition) is 2. The molecule has 1 amide bonds. The number of carbonyl (C=O) groups excluding carboxylic acids is 2. The van der Waals surface area contributed by atoms with Gasteiger partial charge in [-0.1, -0.05) is 12.1 Å². The summed E-state index contributed by atoms with van der Waals surface area (Å²) in [7, 11) is 1.57. The summed E-state index contributed by atoms with van der Waals surface area (Å²) in [6.07, 6.45) is 1.97. The van der Waals surface area contributed by atoms with Crippen molar-refractivity contribution in [2.75, 3.05) is 20.3 Å². The van der Waals surface area contributed by atoms with E-state index in [9.17, 15) is 14.4 Å². The highest BCUT2D eigenvalue weighted by molar-refractivity contribution is 6.14. The van der Waals surface area contributed by atoms with Crippen molar-refractivity contribution < 1.29 is 33.7 Å². The number of methoxy groups -OCH3 is 1. The number of carboxylic acids is 1. The molecule has 2 N–H and O–H groups in total. The van der Waals surface area contributed by atoms with Crippen LogP contribution in [0.3, 0.4) is 0 Å². The number of nitrogens with one attached hydrogen (secondary N) is 1. The van der Waals surface area contributed by atoms with E-state index in [1.807, 2.05) is 12.1 Å². The Kier molecular flexibility index (Phi) is 6.69. The third-order valence-electron chi connectivity index (χ3n) is 4.29. The van der Waals surface area contributed by atoms with Crippen molar-refractivity contribution in [3.05, 3.63) is 59.4 Å². The molecule has 0 fully saturated rings. The Labute approximate surface area is 173 Å². The molecule has 2 aromatic rings. The monoisotopic (exact) mass is 411 g/mol. The maximum Gasteiger partial charge on any atom is 0.303 e. The summed E-state index contributed by atoms with van der Waals surface area (Å²) in [4.78, 5) is 34.8. The van der Waals surface area contributed by atoms with Crippen molar-refractivity contribution in [2.24, 2.45) is 0 Å². The average Bonchev–Trinajstić information content (AvgIpc) is 3.04. The summed E-state index contributed by atoms with van der Waals surface area (Å²) in [5.41, 5.74) is 1.18. The van der Waals surface area contributed by atoms with Gasteiger partial charge in [-0.3, -0.25) is 14.4 Å². The Morgan fingerprint density at radius 1 is 1.17 bits per heavy atom. The third kappa shape index (κ3) is 5.38. The molecule has 8 nitrogen and oxygen atoms in total. The molecule has 0 aliphatic carbocycles. The van der Waals surface area contributed by atoms with Gasteiger partial charge in [-0.15, -0.1) is 0 Å². The SMILES string of the molecule is COc1cccc(C=C2Oc3cc(OCC(=O)NCCCC(=O)O)ccc3C2=O)c1. The first-order chi connectivity index (χ1) is 14.5. The number of fused-ring (bicyclic) bond motifs is 1. The van der Waals surface area contributed by atoms with Gasteiger partial charge in [0, 0.05) is 19.0 Å². The lowest BCUT2D eigenvalue weighted by molar-refractivity contribution is -0.137. The Morgan fingerprint density at radius 2 is 2.00 bits per heavy atom. The summed E-state index contributed by atoms with van der Waals surface area (Å²) in [6, 6.07) is 12.0. The Hall–Kier alpha value is -3.81. The molecule has 0 spiro atoms. The zero-order valence-electron chi connectivity index (χ0n) is 16.3. The van der Waals surface area contributed by atoms with Gasteiger partial charge >= 0.3 is 5.97 Å². The van der Waals surface area contributed by atoms with E-state index in [-0.39, 0.29) is 37.0 Å². The van der Waals surface area contributed by atoms with Gasteiger partial charge in [0.2, 0.25) is 5.78 Å². The Balaban J connectivity index is 1.59. The van der Waals surface area contributed by atoms with Gasteiger partial charge in [0.05, 0.1) is 12.7 Å². The van der Waals surface area contributed by atoms with Crippen molar-refractivity contribution in [1.82, 2.24) is 5.32 Å². The number of allylic oxidation sites excluding steroid dienone is 1. The number of carbonyl (C=O) groups is 3. The second-order valence-electron chi connectivity index (χ2n) is 6.51. The van der Waals surface area contributed by atoms with Crippen LogP contribution in [0, 0.1) is 0 Å². The summed E-state index contributed by atoms with van der Waals surface area (Å²) >= 11 is 0. The zero-order chi connectivity index (χ0) is 21.5. The second-order valence-corrected chi connectivity index (χ2v) is 6.51. The minimum Gasteiger partial charge on any atom is -0.497 e. The smallest absolute Gasteiger partial charge is 0.303 e. The number of benzene rings is 2. The van der Waals surface area contributed by atoms with Gasteiger partial charge in [-0.2, -0.15) is 0 Å². The van der Waals surface area contributed by atoms with Gasteiger partial charge in [-0.05, 0) is 42.3 Å². The summed E-state index contributed by atoms with van der Waals surface area (Å²) in [5, 5.41) is 11.1. The Morgan fingerprint density at radius 3 is 2.77 bits per heavy atom. The van der Waals surface area contributed by atoms with E-state index in [1.165, 1.54) is 0 Å². The summed E-state index contributed by atoms with van der Waals surface area (Å²) in [6.45, 7) is 0.0288. The van der Waals surface area contributed by atoms with E-state index in [4.69, 9.17) is 19.3 Å². The largest absolute Gasteiger partial charge is 0.497 e. The number of carboxylic acid groups (broad SMARTS) is 1. The van der Waals surface area contributed by atoms with E-state index in [0.29, 0.717) is 29.2 Å². The molecule has 3 rings (SSSR count). The van der Waals surface area contributed by atoms with E-state index < -0.39 is 5.97 Å². The molecule has 8 heteroatoms. The molecule has 0 bridgehead atoms. The molecule has 30 heavy (non-hydrogen) atoms. The van der Waals surface area contributed by atoms with Crippen molar-refractivity contribution in [1.29, 1.82) is 0 Å². The molecule has 1 heterocycles. The predicted octanol–water partition coefficient (Wildman–Crippen LogP) is 2.67. The number of Topliss-reactive ketones (excluding diaryl/α,β-unsaturated/α-hetero) is 1. The van der Waals surface area contributed by atoms with Crippen LogP contribution in [0.15, 0.2) is 48.2 Å². The number of hydrogen-bond acceptors (Lipinski definition) is 6. The second kappa shape index (κ2) is 9.60. The molecule has 156 valence electrons. The highest BCUT2D eigenvalue weighted by Crippen LogP contribution is 2.35. The summed E-state index contributed by atoms with van der Waals surface area (Å²) < 4.78 is 16.3. The molecule has 0 aromatic heterocycles. The third-order valence-corrected chi connectivity index (χ3v) is 4.29. The molecule has 2 aromatic carbocycles. The fourth-order valence-corrected chi connectivity index (χ4v) is 2.81. The first-order valence-electron chi connectivity index (χ1n) is 9.30. The molecule has 0 saturated carbocycles. The first kappa shape index (κ1) is 20.9. The lowest BCUT2D eigenvalue weighted by Crippen LogP contribution is -2.29. The first-order valence-corrected chi connectivity index (χ1v) is 9.30. The number of amides is 1. The molecule has 0 atom stereocenters. The normalized spacial score (nSPS) is 13.5. The standard InChI is InChI=1S/C22H21NO7/c1-28-15-5-2-4-14(10-15)11-19-22(27)17-8-7-16(12-18(17)30-19)29-13-20(24)23-9-3-6-21(25)26/h2,4-5,7-8,10-12H,3,6,9,13H2,1H3,(H,23,24)(H,25,26). The number of rotatable bonds is 9. The fourth-order valence-electron chi connectivity index (χ4n) is 2.81. The number of aliphatic carboxylic acids is 1. The van der Waals surface area contributed by atoms with Gasteiger partial charge in [0.15, 0.2) is 12.4 Å². The number of ether oxygens (including phenoxy) is 3. The minimum absolute atomic E-state index is 0.0110. The van der Waals surface area contributed by atoms with Gasteiger partial charge < -0.3 is 24.6 Å². The van der Waals surface area contributed by atoms with Gasteiger partial charge in [0.1, 0.15) is 17.2 Å². The van der Waals surface area contributed by atoms with Crippen molar-refractivity contribution >= 4 is 23.7 Å². The molecular formula is C22H21NO7. The van der Waals surface area contributed by atoms with Crippen molar-refractivity contribution in [2.45, 2.75) is 12.8 Å². The van der Waals surface area contributed by atoms with E-state index in [0.717, 1.165) is 5.56 Å². The molecule has 1 aliphatic heterocycles. The summed E-state index contributed by atoms with van der Waals surface area (Å²) in [5.74, 6) is 0.0780. The van der Waals surface area contributed by atoms with Crippen molar-refractivity contribution in [3.8, 4) is 17.2 Å².